The summed E-state index contributed by atoms with van der Waals surface area (Å²) >= 11 is 0. The molecule has 2 heterocycles. The first-order chi connectivity index (χ1) is 13.1. The minimum atomic E-state index is -1.48. The van der Waals surface area contributed by atoms with Gasteiger partial charge >= 0.3 is 18.2 Å². The average Bonchev–Trinajstić information content (AvgIpc) is 3.16. The molecule has 1 N–H and O–H groups in total. The molecule has 8 nitrogen and oxygen atoms in total. The van der Waals surface area contributed by atoms with Gasteiger partial charge in [0.05, 0.1) is 6.54 Å². The molecular weight excluding hydrogens is 364 g/mol. The Hall–Kier alpha value is -2.77. The number of fused-ring (bicyclic) bond motifs is 1. The maximum Gasteiger partial charge on any atom is 0.411 e. The molecule has 1 aromatic rings. The molecule has 152 valence electrons. The van der Waals surface area contributed by atoms with Crippen LogP contribution in [0.25, 0.3) is 0 Å². The Morgan fingerprint density at radius 2 is 1.86 bits per heavy atom. The number of nitrogens with zero attached hydrogens (tertiary/aromatic N) is 2. The molecular formula is C20H26N2O6. The maximum absolute atomic E-state index is 12.7. The highest BCUT2D eigenvalue weighted by Gasteiger charge is 2.63. The lowest BCUT2D eigenvalue weighted by molar-refractivity contribution is -0.149. The number of rotatable bonds is 3. The van der Waals surface area contributed by atoms with Crippen LogP contribution < -0.4 is 0 Å². The second-order valence-electron chi connectivity index (χ2n) is 8.27. The van der Waals surface area contributed by atoms with Gasteiger partial charge in [-0.25, -0.2) is 14.4 Å². The number of carboxylic acids is 1. The first kappa shape index (κ1) is 20.0. The number of carboxylic acid groups (broad SMARTS) is 1. The van der Waals surface area contributed by atoms with Crippen LogP contribution in [0.3, 0.4) is 0 Å². The van der Waals surface area contributed by atoms with Crippen LogP contribution in [-0.4, -0.2) is 63.8 Å². The summed E-state index contributed by atoms with van der Waals surface area (Å²) in [7, 11) is 0. The van der Waals surface area contributed by atoms with Crippen LogP contribution in [0.1, 0.15) is 32.8 Å². The zero-order valence-electron chi connectivity index (χ0n) is 16.4. The molecule has 0 spiro atoms. The van der Waals surface area contributed by atoms with E-state index in [1.54, 1.807) is 20.8 Å². The number of ether oxygens (including phenoxy) is 2. The fourth-order valence-corrected chi connectivity index (χ4v) is 3.90. The van der Waals surface area contributed by atoms with Crippen molar-refractivity contribution in [1.29, 1.82) is 0 Å². The van der Waals surface area contributed by atoms with E-state index in [1.807, 2.05) is 30.3 Å². The summed E-state index contributed by atoms with van der Waals surface area (Å²) in [6, 6.07) is 9.19. The molecule has 3 rings (SSSR count). The minimum absolute atomic E-state index is 0.0618. The van der Waals surface area contributed by atoms with Crippen molar-refractivity contribution >= 4 is 18.2 Å². The Balaban J connectivity index is 1.73. The standard InChI is InChI=1S/C20H26N2O6/c1-19(2,3)28-17(25)21-11-15-9-10-22(20(15,13-21)16(23)24)18(26)27-12-14-7-5-4-6-8-14/h4-8,15H,9-13H2,1-3H3,(H,23,24). The van der Waals surface area contributed by atoms with Crippen LogP contribution in [-0.2, 0) is 20.9 Å². The maximum atomic E-state index is 12.7. The minimum Gasteiger partial charge on any atom is -0.479 e. The van der Waals surface area contributed by atoms with Gasteiger partial charge in [-0.1, -0.05) is 30.3 Å². The van der Waals surface area contributed by atoms with Gasteiger partial charge in [-0.2, -0.15) is 0 Å². The smallest absolute Gasteiger partial charge is 0.411 e. The van der Waals surface area contributed by atoms with E-state index in [9.17, 15) is 19.5 Å². The Morgan fingerprint density at radius 3 is 2.46 bits per heavy atom. The fraction of sp³-hybridized carbons (Fsp3) is 0.550. The van der Waals surface area contributed by atoms with Gasteiger partial charge in [0.15, 0.2) is 5.54 Å². The molecule has 8 heteroatoms. The lowest BCUT2D eigenvalue weighted by Crippen LogP contribution is -2.58. The second kappa shape index (κ2) is 7.33. The molecule has 2 amide bonds. The molecule has 0 saturated carbocycles. The van der Waals surface area contributed by atoms with Gasteiger partial charge in [0.2, 0.25) is 0 Å². The summed E-state index contributed by atoms with van der Waals surface area (Å²) in [6.45, 7) is 5.73. The average molecular weight is 390 g/mol. The number of hydrogen-bond donors (Lipinski definition) is 1. The molecule has 2 unspecified atom stereocenters. The molecule has 0 aliphatic carbocycles. The summed E-state index contributed by atoms with van der Waals surface area (Å²) in [5, 5.41) is 9.98. The van der Waals surface area contributed by atoms with Crippen LogP contribution in [0, 0.1) is 5.92 Å². The van der Waals surface area contributed by atoms with E-state index in [1.165, 1.54) is 9.80 Å². The Kier molecular flexibility index (Phi) is 5.23. The SMILES string of the molecule is CC(C)(C)OC(=O)N1CC2CCN(C(=O)OCc3ccccc3)C2(C(=O)O)C1. The van der Waals surface area contributed by atoms with E-state index < -0.39 is 29.3 Å². The topological polar surface area (TPSA) is 96.4 Å². The van der Waals surface area contributed by atoms with Crippen LogP contribution in [0.4, 0.5) is 9.59 Å². The van der Waals surface area contributed by atoms with Crippen LogP contribution in [0.5, 0.6) is 0 Å². The molecule has 2 aliphatic rings. The zero-order chi connectivity index (χ0) is 20.5. The lowest BCUT2D eigenvalue weighted by atomic mass is 9.88. The molecule has 0 aromatic heterocycles. The van der Waals surface area contributed by atoms with E-state index >= 15 is 0 Å². The molecule has 0 radical (unpaired) electrons. The highest BCUT2D eigenvalue weighted by molar-refractivity contribution is 5.87. The van der Waals surface area contributed by atoms with Crippen LogP contribution >= 0.6 is 0 Å². The van der Waals surface area contributed by atoms with Gasteiger partial charge in [-0.05, 0) is 32.8 Å². The van der Waals surface area contributed by atoms with Crippen LogP contribution in [0.15, 0.2) is 30.3 Å². The van der Waals surface area contributed by atoms with Gasteiger partial charge in [0.25, 0.3) is 0 Å². The molecule has 28 heavy (non-hydrogen) atoms. The summed E-state index contributed by atoms with van der Waals surface area (Å²) in [5.74, 6) is -1.49. The highest BCUT2D eigenvalue weighted by atomic mass is 16.6. The van der Waals surface area contributed by atoms with Crippen molar-refractivity contribution in [2.24, 2.45) is 5.92 Å². The van der Waals surface area contributed by atoms with Gasteiger partial charge in [0, 0.05) is 19.0 Å². The molecule has 0 bridgehead atoms. The van der Waals surface area contributed by atoms with E-state index in [0.717, 1.165) is 5.56 Å². The molecule has 2 aliphatic heterocycles. The number of carbonyl (C=O) groups excluding carboxylic acids is 2. The monoisotopic (exact) mass is 390 g/mol. The van der Waals surface area contributed by atoms with Gasteiger partial charge in [0.1, 0.15) is 12.2 Å². The Morgan fingerprint density at radius 1 is 1.18 bits per heavy atom. The summed E-state index contributed by atoms with van der Waals surface area (Å²) < 4.78 is 10.7. The quantitative estimate of drug-likeness (QED) is 0.852. The zero-order valence-corrected chi connectivity index (χ0v) is 16.4. The van der Waals surface area contributed by atoms with Crippen molar-refractivity contribution < 1.29 is 29.0 Å². The van der Waals surface area contributed by atoms with Crippen molar-refractivity contribution in [2.75, 3.05) is 19.6 Å². The third-order valence-corrected chi connectivity index (χ3v) is 5.18. The number of benzene rings is 1. The van der Waals surface area contributed by atoms with E-state index in [4.69, 9.17) is 9.47 Å². The van der Waals surface area contributed by atoms with Crippen molar-refractivity contribution in [3.63, 3.8) is 0 Å². The largest absolute Gasteiger partial charge is 0.479 e. The van der Waals surface area contributed by atoms with Gasteiger partial charge in [-0.15, -0.1) is 0 Å². The van der Waals surface area contributed by atoms with E-state index in [0.29, 0.717) is 6.42 Å². The second-order valence-corrected chi connectivity index (χ2v) is 8.27. The molecule has 2 saturated heterocycles. The van der Waals surface area contributed by atoms with Gasteiger partial charge < -0.3 is 19.5 Å². The Labute approximate surface area is 164 Å². The lowest BCUT2D eigenvalue weighted by Gasteiger charge is -2.33. The predicted octanol–water partition coefficient (Wildman–Crippen LogP) is 2.72. The first-order valence-corrected chi connectivity index (χ1v) is 9.33. The number of aliphatic carboxylic acids is 1. The van der Waals surface area contributed by atoms with Crippen molar-refractivity contribution in [3.8, 4) is 0 Å². The van der Waals surface area contributed by atoms with E-state index in [2.05, 4.69) is 0 Å². The normalized spacial score (nSPS) is 24.0. The fourth-order valence-electron chi connectivity index (χ4n) is 3.90. The molecule has 2 fully saturated rings. The molecule has 2 atom stereocenters. The third-order valence-electron chi connectivity index (χ3n) is 5.18. The summed E-state index contributed by atoms with van der Waals surface area (Å²) in [6.07, 6.45) is -0.758. The third kappa shape index (κ3) is 3.76. The highest BCUT2D eigenvalue weighted by Crippen LogP contribution is 2.42. The van der Waals surface area contributed by atoms with Crippen molar-refractivity contribution in [2.45, 2.75) is 44.9 Å². The Bertz CT molecular complexity index is 760. The van der Waals surface area contributed by atoms with Gasteiger partial charge in [-0.3, -0.25) is 4.90 Å². The summed E-state index contributed by atoms with van der Waals surface area (Å²) in [5.41, 5.74) is -1.35. The summed E-state index contributed by atoms with van der Waals surface area (Å²) in [4.78, 5) is 40.0. The van der Waals surface area contributed by atoms with Crippen molar-refractivity contribution in [1.82, 2.24) is 9.80 Å². The van der Waals surface area contributed by atoms with Crippen molar-refractivity contribution in [3.05, 3.63) is 35.9 Å². The van der Waals surface area contributed by atoms with Crippen LogP contribution in [0.2, 0.25) is 0 Å². The first-order valence-electron chi connectivity index (χ1n) is 9.33. The predicted molar refractivity (Wildman–Crippen MR) is 99.6 cm³/mol. The number of amides is 2. The number of hydrogen-bond acceptors (Lipinski definition) is 5. The number of carbonyl (C=O) groups is 3. The van der Waals surface area contributed by atoms with E-state index in [-0.39, 0.29) is 32.2 Å². The molecule has 1 aromatic carbocycles. The number of likely N-dealkylation sites (tertiary alicyclic amines) is 2.